The van der Waals surface area contributed by atoms with Crippen molar-refractivity contribution in [3.8, 4) is 0 Å². The van der Waals surface area contributed by atoms with Gasteiger partial charge in [0.1, 0.15) is 23.5 Å². The number of halogens is 2. The van der Waals surface area contributed by atoms with Crippen LogP contribution >= 0.6 is 0 Å². The van der Waals surface area contributed by atoms with Crippen LogP contribution in [-0.4, -0.2) is 83.7 Å². The molecule has 0 bridgehead atoms. The van der Waals surface area contributed by atoms with E-state index >= 15 is 0 Å². The van der Waals surface area contributed by atoms with Crippen LogP contribution in [0.1, 0.15) is 24.4 Å². The van der Waals surface area contributed by atoms with E-state index in [1.807, 2.05) is 4.90 Å². The summed E-state index contributed by atoms with van der Waals surface area (Å²) in [6, 6.07) is 2.54. The first-order valence-corrected chi connectivity index (χ1v) is 11.0. The molecule has 4 heterocycles. The van der Waals surface area contributed by atoms with Gasteiger partial charge in [0.15, 0.2) is 6.17 Å². The molecule has 9 nitrogen and oxygen atoms in total. The molecule has 4 aliphatic heterocycles. The van der Waals surface area contributed by atoms with Gasteiger partial charge in [-0.1, -0.05) is 0 Å². The molecular formula is C22H24F2N6O3. The zero-order valence-corrected chi connectivity index (χ0v) is 17.9. The quantitative estimate of drug-likeness (QED) is 0.668. The SMILES string of the molecule is O=C(NC1C=NN2C=CC(N3CCC[C@@H]3c3cc(F)ccc3F)=NC12)C(=O)N1CCOCC1. The summed E-state index contributed by atoms with van der Waals surface area (Å²) in [6.45, 7) is 2.20. The summed E-state index contributed by atoms with van der Waals surface area (Å²) in [5.74, 6) is -1.66. The summed E-state index contributed by atoms with van der Waals surface area (Å²) in [5, 5.41) is 8.57. The van der Waals surface area contributed by atoms with Crippen LogP contribution in [0.3, 0.4) is 0 Å². The average molecular weight is 458 g/mol. The lowest BCUT2D eigenvalue weighted by atomic mass is 10.0. The lowest BCUT2D eigenvalue weighted by Gasteiger charge is -2.32. The Morgan fingerprint density at radius 3 is 2.79 bits per heavy atom. The van der Waals surface area contributed by atoms with Crippen LogP contribution in [0.5, 0.6) is 0 Å². The van der Waals surface area contributed by atoms with Gasteiger partial charge in [-0.2, -0.15) is 5.10 Å². The van der Waals surface area contributed by atoms with Crippen LogP contribution in [0.25, 0.3) is 0 Å². The molecule has 4 aliphatic rings. The van der Waals surface area contributed by atoms with E-state index in [4.69, 9.17) is 9.73 Å². The molecule has 2 unspecified atom stereocenters. The van der Waals surface area contributed by atoms with Crippen molar-refractivity contribution >= 4 is 23.9 Å². The van der Waals surface area contributed by atoms with Crippen LogP contribution < -0.4 is 5.32 Å². The van der Waals surface area contributed by atoms with Gasteiger partial charge in [-0.15, -0.1) is 0 Å². The highest BCUT2D eigenvalue weighted by Crippen LogP contribution is 2.35. The number of benzene rings is 1. The van der Waals surface area contributed by atoms with Gasteiger partial charge < -0.3 is 19.9 Å². The summed E-state index contributed by atoms with van der Waals surface area (Å²) in [7, 11) is 0. The van der Waals surface area contributed by atoms with Crippen LogP contribution in [0.4, 0.5) is 8.78 Å². The summed E-state index contributed by atoms with van der Waals surface area (Å²) in [4.78, 5) is 33.1. The number of rotatable bonds is 2. The average Bonchev–Trinajstić information content (AvgIpc) is 3.48. The Hall–Kier alpha value is -3.34. The first-order chi connectivity index (χ1) is 16.0. The molecule has 3 atom stereocenters. The minimum Gasteiger partial charge on any atom is -0.378 e. The molecule has 1 N–H and O–H groups in total. The predicted molar refractivity (Wildman–Crippen MR) is 115 cm³/mol. The third kappa shape index (κ3) is 4.20. The highest BCUT2D eigenvalue weighted by Gasteiger charge is 2.38. The van der Waals surface area contributed by atoms with Crippen molar-refractivity contribution in [2.75, 3.05) is 32.8 Å². The second kappa shape index (κ2) is 8.89. The van der Waals surface area contributed by atoms with Crippen LogP contribution in [0.15, 0.2) is 40.6 Å². The molecule has 2 amide bonds. The number of hydrogen-bond acceptors (Lipinski definition) is 7. The van der Waals surface area contributed by atoms with Crippen molar-refractivity contribution in [2.45, 2.75) is 31.1 Å². The number of morpholine rings is 1. The third-order valence-corrected chi connectivity index (χ3v) is 6.25. The van der Waals surface area contributed by atoms with Crippen LogP contribution in [0, 0.1) is 11.6 Å². The van der Waals surface area contributed by atoms with E-state index in [1.54, 1.807) is 23.5 Å². The van der Waals surface area contributed by atoms with Crippen molar-refractivity contribution in [3.63, 3.8) is 0 Å². The Morgan fingerprint density at radius 2 is 1.97 bits per heavy atom. The third-order valence-electron chi connectivity index (χ3n) is 6.25. The number of aliphatic imine (C=N–C) groups is 1. The predicted octanol–water partition coefficient (Wildman–Crippen LogP) is 0.999. The van der Waals surface area contributed by atoms with E-state index in [0.29, 0.717) is 50.7 Å². The number of hydrogen-bond donors (Lipinski definition) is 1. The lowest BCUT2D eigenvalue weighted by molar-refractivity contribution is -0.148. The Bertz CT molecular complexity index is 1040. The summed E-state index contributed by atoms with van der Waals surface area (Å²) in [5.41, 5.74) is 0.301. The molecule has 0 aromatic heterocycles. The van der Waals surface area contributed by atoms with Crippen molar-refractivity contribution in [3.05, 3.63) is 47.7 Å². The smallest absolute Gasteiger partial charge is 0.312 e. The van der Waals surface area contributed by atoms with E-state index in [9.17, 15) is 18.4 Å². The molecule has 1 aromatic carbocycles. The number of hydrazone groups is 1. The maximum atomic E-state index is 14.4. The van der Waals surface area contributed by atoms with Crippen molar-refractivity contribution in [1.82, 2.24) is 20.1 Å². The second-order valence-electron chi connectivity index (χ2n) is 8.28. The zero-order valence-electron chi connectivity index (χ0n) is 17.9. The molecule has 0 radical (unpaired) electrons. The number of nitrogens with zero attached hydrogens (tertiary/aromatic N) is 5. The minimum absolute atomic E-state index is 0.301. The monoisotopic (exact) mass is 458 g/mol. The Morgan fingerprint density at radius 1 is 1.15 bits per heavy atom. The highest BCUT2D eigenvalue weighted by molar-refractivity contribution is 6.35. The number of nitrogens with one attached hydrogen (secondary N) is 1. The fourth-order valence-electron chi connectivity index (χ4n) is 4.59. The minimum atomic E-state index is -0.720. The van der Waals surface area contributed by atoms with E-state index < -0.39 is 35.7 Å². The number of carbonyl (C=O) groups is 2. The van der Waals surface area contributed by atoms with Gasteiger partial charge in [0, 0.05) is 31.4 Å². The largest absolute Gasteiger partial charge is 0.378 e. The van der Waals surface area contributed by atoms with E-state index in [2.05, 4.69) is 10.4 Å². The molecule has 0 saturated carbocycles. The molecule has 0 spiro atoms. The second-order valence-corrected chi connectivity index (χ2v) is 8.28. The number of amidine groups is 1. The van der Waals surface area contributed by atoms with E-state index in [1.165, 1.54) is 11.0 Å². The standard InChI is InChI=1S/C22H24F2N6O3/c23-14-3-4-16(24)15(12-14)18-2-1-6-29(18)19-5-7-30-20(27-19)17(13-25-30)26-21(31)22(32)28-8-10-33-11-9-28/h3-5,7,12-13,17-18,20H,1-2,6,8-11H2,(H,26,31)/t17?,18-,20?/m1/s1. The number of amides is 2. The number of carbonyl (C=O) groups excluding carboxylic acids is 2. The van der Waals surface area contributed by atoms with Crippen molar-refractivity contribution in [2.24, 2.45) is 10.1 Å². The van der Waals surface area contributed by atoms with Crippen LogP contribution in [-0.2, 0) is 14.3 Å². The number of ether oxygens (including phenoxy) is 1. The molecule has 174 valence electrons. The van der Waals surface area contributed by atoms with Crippen molar-refractivity contribution in [1.29, 1.82) is 0 Å². The Labute approximate surface area is 189 Å². The molecular weight excluding hydrogens is 434 g/mol. The molecule has 33 heavy (non-hydrogen) atoms. The van der Waals surface area contributed by atoms with Gasteiger partial charge in [-0.25, -0.2) is 18.8 Å². The van der Waals surface area contributed by atoms with E-state index in [0.717, 1.165) is 18.6 Å². The van der Waals surface area contributed by atoms with E-state index in [-0.39, 0.29) is 6.04 Å². The molecule has 0 aliphatic carbocycles. The molecule has 2 saturated heterocycles. The first-order valence-electron chi connectivity index (χ1n) is 11.0. The Balaban J connectivity index is 1.31. The number of likely N-dealkylation sites (tertiary alicyclic amines) is 1. The molecule has 2 fully saturated rings. The van der Waals surface area contributed by atoms with Gasteiger partial charge >= 0.3 is 11.8 Å². The maximum Gasteiger partial charge on any atom is 0.312 e. The fraction of sp³-hybridized carbons (Fsp3) is 0.455. The molecule has 1 aromatic rings. The normalized spacial score (nSPS) is 26.4. The highest BCUT2D eigenvalue weighted by atomic mass is 19.1. The van der Waals surface area contributed by atoms with Crippen molar-refractivity contribution < 1.29 is 23.1 Å². The Kier molecular flexibility index (Phi) is 5.79. The first kappa shape index (κ1) is 21.5. The van der Waals surface area contributed by atoms with Gasteiger partial charge in [0.2, 0.25) is 0 Å². The van der Waals surface area contributed by atoms with Gasteiger partial charge in [0.25, 0.3) is 0 Å². The number of fused-ring (bicyclic) bond motifs is 1. The topological polar surface area (TPSA) is 89.8 Å². The maximum absolute atomic E-state index is 14.4. The van der Waals surface area contributed by atoms with Gasteiger partial charge in [-0.05, 0) is 37.1 Å². The molecule has 11 heteroatoms. The van der Waals surface area contributed by atoms with Gasteiger partial charge in [0.05, 0.1) is 25.5 Å². The fourth-order valence-corrected chi connectivity index (χ4v) is 4.59. The van der Waals surface area contributed by atoms with Crippen LogP contribution in [0.2, 0.25) is 0 Å². The lowest BCUT2D eigenvalue weighted by Crippen LogP contribution is -2.53. The summed E-state index contributed by atoms with van der Waals surface area (Å²) in [6.07, 6.45) is 5.96. The summed E-state index contributed by atoms with van der Waals surface area (Å²) < 4.78 is 33.4. The molecule has 5 rings (SSSR count). The zero-order chi connectivity index (χ0) is 22.9. The summed E-state index contributed by atoms with van der Waals surface area (Å²) >= 11 is 0. The van der Waals surface area contributed by atoms with Gasteiger partial charge in [-0.3, -0.25) is 9.59 Å².